The maximum atomic E-state index is 6.06. The van der Waals surface area contributed by atoms with Crippen LogP contribution in [-0.4, -0.2) is 0 Å². The van der Waals surface area contributed by atoms with Gasteiger partial charge in [-0.1, -0.05) is 36.4 Å². The second-order valence-corrected chi connectivity index (χ2v) is 8.33. The number of hydrogen-bond acceptors (Lipinski definition) is 2. The van der Waals surface area contributed by atoms with Crippen LogP contribution in [0, 0.1) is 22.6 Å². The number of nitrogen functional groups attached to an aromatic ring is 2. The van der Waals surface area contributed by atoms with E-state index in [2.05, 4.69) is 71.1 Å². The van der Waals surface area contributed by atoms with E-state index in [-0.39, 0.29) is 0 Å². The van der Waals surface area contributed by atoms with Crippen LogP contribution in [0.25, 0.3) is 11.1 Å². The van der Waals surface area contributed by atoms with Gasteiger partial charge in [0.25, 0.3) is 0 Å². The maximum Gasteiger partial charge on any atom is 0.0714 e. The molecule has 33 heavy (non-hydrogen) atoms. The molecule has 0 heterocycles. The molecule has 0 saturated heterocycles. The van der Waals surface area contributed by atoms with Crippen molar-refractivity contribution >= 4 is 34.6 Å². The van der Waals surface area contributed by atoms with Gasteiger partial charge in [-0.2, -0.15) is 0 Å². The van der Waals surface area contributed by atoms with Crippen molar-refractivity contribution in [1.82, 2.24) is 0 Å². The van der Waals surface area contributed by atoms with Crippen LogP contribution in [0.3, 0.4) is 0 Å². The lowest BCUT2D eigenvalue weighted by atomic mass is 9.67. The van der Waals surface area contributed by atoms with Crippen LogP contribution >= 0.6 is 23.2 Å². The summed E-state index contributed by atoms with van der Waals surface area (Å²) >= 11 is 11.5. The first kappa shape index (κ1) is 21.0. The second-order valence-electron chi connectivity index (χ2n) is 7.95. The van der Waals surface area contributed by atoms with Crippen molar-refractivity contribution < 1.29 is 0 Å². The van der Waals surface area contributed by atoms with Crippen LogP contribution in [0.2, 0.25) is 0 Å². The topological polar surface area (TPSA) is 52.0 Å². The number of hydrogen-bond donors (Lipinski definition) is 2. The molecule has 0 atom stereocenters. The summed E-state index contributed by atoms with van der Waals surface area (Å²) in [6, 6.07) is 28.4. The summed E-state index contributed by atoms with van der Waals surface area (Å²) < 4.78 is 0. The van der Waals surface area contributed by atoms with Crippen LogP contribution in [-0.2, 0) is 5.41 Å². The monoisotopic (exact) mass is 464 g/mol. The molecule has 0 bridgehead atoms. The summed E-state index contributed by atoms with van der Waals surface area (Å²) in [6.45, 7) is 0. The molecular formula is C29H18Cl2N2. The van der Waals surface area contributed by atoms with E-state index in [0.717, 1.165) is 44.5 Å². The first-order valence-corrected chi connectivity index (χ1v) is 11.1. The summed E-state index contributed by atoms with van der Waals surface area (Å²) in [5.41, 5.74) is 21.2. The highest BCUT2D eigenvalue weighted by Gasteiger charge is 2.46. The van der Waals surface area contributed by atoms with E-state index in [1.54, 1.807) is 0 Å². The molecule has 4 aromatic rings. The minimum absolute atomic E-state index is 0.625. The Hall–Kier alpha value is -3.82. The maximum absolute atomic E-state index is 6.06. The van der Waals surface area contributed by atoms with Gasteiger partial charge in [-0.25, -0.2) is 0 Å². The predicted octanol–water partition coefficient (Wildman–Crippen LogP) is 6.31. The summed E-state index contributed by atoms with van der Waals surface area (Å²) in [7, 11) is 0. The van der Waals surface area contributed by atoms with Gasteiger partial charge in [0.15, 0.2) is 0 Å². The summed E-state index contributed by atoms with van der Waals surface area (Å²) in [4.78, 5) is 0. The zero-order chi connectivity index (χ0) is 23.0. The minimum Gasteiger partial charge on any atom is -0.399 e. The number of nitrogens with two attached hydrogens (primary N) is 2. The quantitative estimate of drug-likeness (QED) is 0.237. The van der Waals surface area contributed by atoms with Crippen molar-refractivity contribution in [3.05, 3.63) is 118 Å². The highest BCUT2D eigenvalue weighted by Crippen LogP contribution is 2.56. The van der Waals surface area contributed by atoms with Gasteiger partial charge in [-0.05, 0) is 117 Å². The number of halogens is 2. The number of benzene rings is 4. The molecule has 0 fully saturated rings. The highest BCUT2D eigenvalue weighted by molar-refractivity contribution is 6.30. The third kappa shape index (κ3) is 3.33. The summed E-state index contributed by atoms with van der Waals surface area (Å²) in [5, 5.41) is 5.00. The Morgan fingerprint density at radius 2 is 0.939 bits per heavy atom. The molecule has 0 aromatic heterocycles. The molecule has 0 aliphatic heterocycles. The largest absolute Gasteiger partial charge is 0.399 e. The fourth-order valence-electron chi connectivity index (χ4n) is 4.84. The van der Waals surface area contributed by atoms with Gasteiger partial charge in [-0.3, -0.25) is 0 Å². The first-order valence-electron chi connectivity index (χ1n) is 10.3. The zero-order valence-electron chi connectivity index (χ0n) is 17.5. The molecule has 0 spiro atoms. The Labute approximate surface area is 203 Å². The van der Waals surface area contributed by atoms with E-state index >= 15 is 0 Å². The minimum atomic E-state index is -0.625. The fourth-order valence-corrected chi connectivity index (χ4v) is 5.06. The molecule has 1 aliphatic rings. The molecule has 2 nitrogen and oxygen atoms in total. The zero-order valence-corrected chi connectivity index (χ0v) is 19.0. The Morgan fingerprint density at radius 3 is 1.30 bits per heavy atom. The summed E-state index contributed by atoms with van der Waals surface area (Å²) in [6.07, 6.45) is 0. The van der Waals surface area contributed by atoms with Crippen LogP contribution in [0.5, 0.6) is 0 Å². The van der Waals surface area contributed by atoms with Gasteiger partial charge in [0, 0.05) is 33.3 Å². The van der Waals surface area contributed by atoms with Crippen LogP contribution in [0.4, 0.5) is 11.4 Å². The second kappa shape index (κ2) is 8.27. The van der Waals surface area contributed by atoms with E-state index in [1.807, 2.05) is 36.4 Å². The average Bonchev–Trinajstić information content (AvgIpc) is 3.10. The highest BCUT2D eigenvalue weighted by atomic mass is 35.5. The van der Waals surface area contributed by atoms with Gasteiger partial charge in [-0.15, -0.1) is 0 Å². The summed E-state index contributed by atoms with van der Waals surface area (Å²) in [5.74, 6) is 5.98. The first-order chi connectivity index (χ1) is 16.1. The third-order valence-electron chi connectivity index (χ3n) is 6.21. The van der Waals surface area contributed by atoms with E-state index in [4.69, 9.17) is 34.7 Å². The molecule has 158 valence electrons. The molecule has 5 rings (SSSR count). The Bertz CT molecular complexity index is 1380. The molecule has 0 saturated carbocycles. The van der Waals surface area contributed by atoms with Gasteiger partial charge >= 0.3 is 0 Å². The molecule has 0 amide bonds. The molecule has 0 radical (unpaired) electrons. The van der Waals surface area contributed by atoms with Gasteiger partial charge in [0.05, 0.1) is 5.41 Å². The van der Waals surface area contributed by atoms with Gasteiger partial charge in [0.1, 0.15) is 0 Å². The van der Waals surface area contributed by atoms with E-state index in [0.29, 0.717) is 11.4 Å². The lowest BCUT2D eigenvalue weighted by Gasteiger charge is -2.34. The van der Waals surface area contributed by atoms with Crippen LogP contribution in [0.15, 0.2) is 84.9 Å². The van der Waals surface area contributed by atoms with Gasteiger partial charge < -0.3 is 11.5 Å². The van der Waals surface area contributed by atoms with Crippen molar-refractivity contribution in [2.24, 2.45) is 0 Å². The lowest BCUT2D eigenvalue weighted by Crippen LogP contribution is -2.28. The van der Waals surface area contributed by atoms with Crippen LogP contribution < -0.4 is 11.5 Å². The van der Waals surface area contributed by atoms with E-state index in [1.165, 1.54) is 0 Å². The van der Waals surface area contributed by atoms with Crippen molar-refractivity contribution in [2.45, 2.75) is 5.41 Å². The number of fused-ring (bicyclic) bond motifs is 3. The smallest absolute Gasteiger partial charge is 0.0714 e. The Morgan fingerprint density at radius 1 is 0.545 bits per heavy atom. The fraction of sp³-hybridized carbons (Fsp3) is 0.0345. The lowest BCUT2D eigenvalue weighted by molar-refractivity contribution is 0.768. The van der Waals surface area contributed by atoms with Gasteiger partial charge in [0.2, 0.25) is 0 Å². The Balaban J connectivity index is 1.96. The molecule has 1 aliphatic carbocycles. The van der Waals surface area contributed by atoms with E-state index in [9.17, 15) is 0 Å². The molecule has 4 N–H and O–H groups in total. The number of anilines is 2. The molecular weight excluding hydrogens is 447 g/mol. The third-order valence-corrected chi connectivity index (χ3v) is 6.40. The van der Waals surface area contributed by atoms with Crippen molar-refractivity contribution in [3.8, 4) is 33.7 Å². The Kier molecular flexibility index (Phi) is 5.27. The standard InChI is InChI=1S/C29H18Cl2N2/c30-15-13-19-1-11-25-26-12-2-20(14-16-31)18-28(26)29(27(25)17-19,21-3-7-23(32)8-4-21)22-5-9-24(33)10-6-22/h1-12,17-18H,32-33H2. The SMILES string of the molecule is Nc1ccc(C2(c3ccc(N)cc3)c3cc(C#CCl)ccc3-c3ccc(C#CCl)cc32)cc1. The van der Waals surface area contributed by atoms with Crippen molar-refractivity contribution in [3.63, 3.8) is 0 Å². The van der Waals surface area contributed by atoms with Crippen molar-refractivity contribution in [1.29, 1.82) is 0 Å². The van der Waals surface area contributed by atoms with E-state index < -0.39 is 5.41 Å². The molecule has 0 unspecified atom stereocenters. The normalized spacial score (nSPS) is 12.5. The van der Waals surface area contributed by atoms with Crippen molar-refractivity contribution in [2.75, 3.05) is 11.5 Å². The average molecular weight is 465 g/mol. The number of rotatable bonds is 2. The molecule has 4 aromatic carbocycles. The van der Waals surface area contributed by atoms with Crippen LogP contribution in [0.1, 0.15) is 33.4 Å². The molecule has 4 heteroatoms. The predicted molar refractivity (Wildman–Crippen MR) is 138 cm³/mol.